The van der Waals surface area contributed by atoms with E-state index < -0.39 is 0 Å². The van der Waals surface area contributed by atoms with E-state index in [1.165, 1.54) is 0 Å². The molecule has 0 bridgehead atoms. The number of hydrogen-bond acceptors (Lipinski definition) is 4. The third kappa shape index (κ3) is 2.66. The molecule has 0 aliphatic heterocycles. The summed E-state index contributed by atoms with van der Waals surface area (Å²) in [5.41, 5.74) is 0.639. The molecule has 0 fully saturated rings. The van der Waals surface area contributed by atoms with Gasteiger partial charge in [-0.25, -0.2) is 0 Å². The molecule has 0 aliphatic carbocycles. The van der Waals surface area contributed by atoms with E-state index in [9.17, 15) is 4.79 Å². The number of benzene rings is 1. The number of nitrogens with one attached hydrogen (secondary N) is 1. The lowest BCUT2D eigenvalue weighted by molar-refractivity contribution is 0.0953. The fourth-order valence-corrected chi connectivity index (χ4v) is 1.25. The van der Waals surface area contributed by atoms with Crippen molar-refractivity contribution < 1.29 is 9.32 Å². The van der Waals surface area contributed by atoms with Gasteiger partial charge < -0.3 is 9.84 Å². The molecule has 2 rings (SSSR count). The molecular formula is C11H10N3O2. The average Bonchev–Trinajstić information content (AvgIpc) is 2.83. The maximum absolute atomic E-state index is 11.6. The third-order valence-electron chi connectivity index (χ3n) is 2.03. The number of carbonyl (C=O) groups excluding carboxylic acids is 1. The van der Waals surface area contributed by atoms with Crippen LogP contribution in [-0.2, 0) is 6.42 Å². The molecule has 1 amide bonds. The normalized spacial score (nSPS) is 10.0. The van der Waals surface area contributed by atoms with Crippen molar-refractivity contribution in [3.05, 3.63) is 48.1 Å². The van der Waals surface area contributed by atoms with Crippen LogP contribution in [0.4, 0.5) is 0 Å². The molecule has 0 unspecified atom stereocenters. The van der Waals surface area contributed by atoms with Gasteiger partial charge in [0.05, 0.1) is 0 Å². The summed E-state index contributed by atoms with van der Waals surface area (Å²) in [6.45, 7) is 0.462. The Bertz CT molecular complexity index is 440. The summed E-state index contributed by atoms with van der Waals surface area (Å²) >= 11 is 0. The second kappa shape index (κ2) is 5.06. The van der Waals surface area contributed by atoms with Gasteiger partial charge in [0.25, 0.3) is 5.91 Å². The number of hydrogen-bond donors (Lipinski definition) is 1. The lowest BCUT2D eigenvalue weighted by Gasteiger charge is -2.02. The molecule has 5 nitrogen and oxygen atoms in total. The van der Waals surface area contributed by atoms with Crippen molar-refractivity contribution in [1.82, 2.24) is 15.5 Å². The van der Waals surface area contributed by atoms with Gasteiger partial charge in [-0.3, -0.25) is 4.79 Å². The van der Waals surface area contributed by atoms with E-state index in [0.717, 1.165) is 0 Å². The van der Waals surface area contributed by atoms with Crippen molar-refractivity contribution in [2.45, 2.75) is 6.42 Å². The standard InChI is InChI=1S/C11H10N3O2/c15-11(9-4-2-1-3-5-9)12-7-6-10-13-8-14-16-10/h1-5H,6-7H2,(H,12,15). The second-order valence-corrected chi connectivity index (χ2v) is 3.16. The minimum atomic E-state index is -0.107. The number of rotatable bonds is 4. The van der Waals surface area contributed by atoms with Crippen molar-refractivity contribution in [2.75, 3.05) is 6.54 Å². The summed E-state index contributed by atoms with van der Waals surface area (Å²) in [5.74, 6) is 0.359. The van der Waals surface area contributed by atoms with Crippen molar-refractivity contribution in [3.63, 3.8) is 0 Å². The molecule has 0 saturated carbocycles. The van der Waals surface area contributed by atoms with Crippen LogP contribution in [-0.4, -0.2) is 22.6 Å². The van der Waals surface area contributed by atoms with Gasteiger partial charge in [-0.15, -0.1) is 0 Å². The first kappa shape index (κ1) is 10.4. The molecule has 1 aromatic carbocycles. The van der Waals surface area contributed by atoms with Crippen LogP contribution in [0.3, 0.4) is 0 Å². The average molecular weight is 216 g/mol. The second-order valence-electron chi connectivity index (χ2n) is 3.16. The first-order valence-corrected chi connectivity index (χ1v) is 4.88. The zero-order valence-corrected chi connectivity index (χ0v) is 8.51. The van der Waals surface area contributed by atoms with Gasteiger partial charge in [-0.1, -0.05) is 23.4 Å². The summed E-state index contributed by atoms with van der Waals surface area (Å²) in [4.78, 5) is 15.3. The quantitative estimate of drug-likeness (QED) is 0.822. The van der Waals surface area contributed by atoms with Crippen molar-refractivity contribution >= 4 is 5.91 Å². The molecule has 0 atom stereocenters. The van der Waals surface area contributed by atoms with Crippen molar-refractivity contribution in [1.29, 1.82) is 0 Å². The first-order valence-electron chi connectivity index (χ1n) is 4.88. The maximum Gasteiger partial charge on any atom is 0.251 e. The Labute approximate surface area is 92.5 Å². The van der Waals surface area contributed by atoms with E-state index in [1.807, 2.05) is 18.2 Å². The van der Waals surface area contributed by atoms with E-state index in [0.29, 0.717) is 24.4 Å². The molecule has 1 N–H and O–H groups in total. The Hall–Kier alpha value is -2.17. The fraction of sp³-hybridized carbons (Fsp3) is 0.182. The summed E-state index contributed by atoms with van der Waals surface area (Å²) in [7, 11) is 0. The summed E-state index contributed by atoms with van der Waals surface area (Å²) in [6.07, 6.45) is 2.83. The van der Waals surface area contributed by atoms with Gasteiger partial charge in [0.2, 0.25) is 12.2 Å². The predicted molar refractivity (Wildman–Crippen MR) is 55.6 cm³/mol. The van der Waals surface area contributed by atoms with Gasteiger partial charge >= 0.3 is 0 Å². The van der Waals surface area contributed by atoms with E-state index in [4.69, 9.17) is 4.52 Å². The minimum Gasteiger partial charge on any atom is -0.352 e. The zero-order valence-electron chi connectivity index (χ0n) is 8.51. The molecule has 0 spiro atoms. The smallest absolute Gasteiger partial charge is 0.251 e. The molecular weight excluding hydrogens is 206 g/mol. The Morgan fingerprint density at radius 2 is 2.19 bits per heavy atom. The van der Waals surface area contributed by atoms with Crippen molar-refractivity contribution in [3.8, 4) is 0 Å². The van der Waals surface area contributed by atoms with Crippen LogP contribution in [0.25, 0.3) is 0 Å². The Balaban J connectivity index is 1.81. The van der Waals surface area contributed by atoms with E-state index in [-0.39, 0.29) is 5.91 Å². The molecule has 5 heteroatoms. The Kier molecular flexibility index (Phi) is 3.28. The number of amides is 1. The molecule has 1 heterocycles. The van der Waals surface area contributed by atoms with Gasteiger partial charge in [0.15, 0.2) is 0 Å². The van der Waals surface area contributed by atoms with Gasteiger partial charge in [-0.05, 0) is 12.1 Å². The summed E-state index contributed by atoms with van der Waals surface area (Å²) in [5, 5.41) is 6.11. The SMILES string of the molecule is O=C(NCCc1n[c]no1)c1ccccc1. The molecule has 2 aromatic rings. The highest BCUT2D eigenvalue weighted by Crippen LogP contribution is 1.98. The van der Waals surface area contributed by atoms with Crippen LogP contribution in [0.2, 0.25) is 0 Å². The molecule has 0 aliphatic rings. The van der Waals surface area contributed by atoms with E-state index in [2.05, 4.69) is 21.8 Å². The monoisotopic (exact) mass is 216 g/mol. The summed E-state index contributed by atoms with van der Waals surface area (Å²) < 4.78 is 4.75. The van der Waals surface area contributed by atoms with Gasteiger partial charge in [-0.2, -0.15) is 4.98 Å². The van der Waals surface area contributed by atoms with Crippen LogP contribution in [0.15, 0.2) is 34.9 Å². The summed E-state index contributed by atoms with van der Waals surface area (Å²) in [6, 6.07) is 9.03. The van der Waals surface area contributed by atoms with E-state index >= 15 is 0 Å². The van der Waals surface area contributed by atoms with Crippen LogP contribution in [0, 0.1) is 6.33 Å². The molecule has 0 saturated heterocycles. The molecule has 81 valence electrons. The van der Waals surface area contributed by atoms with Crippen molar-refractivity contribution in [2.24, 2.45) is 0 Å². The lowest BCUT2D eigenvalue weighted by atomic mass is 10.2. The van der Waals surface area contributed by atoms with Crippen LogP contribution in [0.1, 0.15) is 16.2 Å². The van der Waals surface area contributed by atoms with Crippen LogP contribution >= 0.6 is 0 Å². The highest BCUT2D eigenvalue weighted by atomic mass is 16.5. The molecule has 1 radical (unpaired) electrons. The molecule has 16 heavy (non-hydrogen) atoms. The largest absolute Gasteiger partial charge is 0.352 e. The van der Waals surface area contributed by atoms with Crippen LogP contribution < -0.4 is 5.32 Å². The Morgan fingerprint density at radius 3 is 2.88 bits per heavy atom. The van der Waals surface area contributed by atoms with Gasteiger partial charge in [0, 0.05) is 18.5 Å². The number of nitrogens with zero attached hydrogens (tertiary/aromatic N) is 2. The fourth-order valence-electron chi connectivity index (χ4n) is 1.25. The minimum absolute atomic E-state index is 0.107. The zero-order chi connectivity index (χ0) is 11.2. The maximum atomic E-state index is 11.6. The highest BCUT2D eigenvalue weighted by molar-refractivity contribution is 5.94. The number of carbonyl (C=O) groups is 1. The highest BCUT2D eigenvalue weighted by Gasteiger charge is 2.04. The van der Waals surface area contributed by atoms with Gasteiger partial charge in [0.1, 0.15) is 0 Å². The third-order valence-corrected chi connectivity index (χ3v) is 2.03. The molecule has 1 aromatic heterocycles. The Morgan fingerprint density at radius 1 is 1.38 bits per heavy atom. The topological polar surface area (TPSA) is 68.0 Å². The lowest BCUT2D eigenvalue weighted by Crippen LogP contribution is -2.25. The number of aromatic nitrogens is 2. The first-order chi connectivity index (χ1) is 7.86. The van der Waals surface area contributed by atoms with E-state index in [1.54, 1.807) is 12.1 Å². The predicted octanol–water partition coefficient (Wildman–Crippen LogP) is 0.842. The van der Waals surface area contributed by atoms with Crippen LogP contribution in [0.5, 0.6) is 0 Å².